The van der Waals surface area contributed by atoms with Crippen LogP contribution in [0, 0.1) is 10.1 Å². The standard InChI is InChI=1S/C13H19ClN2O2/c1-3-4-5-6-10(2)15-13-9-11(16(17)18)7-8-12(13)14/h7-10,15H,3-6H2,1-2H3. The molecule has 0 fully saturated rings. The molecule has 1 rings (SSSR count). The molecule has 1 atom stereocenters. The van der Waals surface area contributed by atoms with Crippen LogP contribution >= 0.6 is 11.6 Å². The fraction of sp³-hybridized carbons (Fsp3) is 0.538. The number of nitro groups is 1. The molecule has 0 radical (unpaired) electrons. The zero-order chi connectivity index (χ0) is 13.5. The van der Waals surface area contributed by atoms with Crippen molar-refractivity contribution in [1.29, 1.82) is 0 Å². The van der Waals surface area contributed by atoms with Crippen LogP contribution in [0.2, 0.25) is 5.02 Å². The predicted octanol–water partition coefficient (Wildman–Crippen LogP) is 4.63. The van der Waals surface area contributed by atoms with Gasteiger partial charge in [-0.3, -0.25) is 10.1 Å². The summed E-state index contributed by atoms with van der Waals surface area (Å²) in [5, 5.41) is 14.4. The first-order chi connectivity index (χ1) is 8.54. The Morgan fingerprint density at radius 1 is 1.44 bits per heavy atom. The first kappa shape index (κ1) is 14.8. The van der Waals surface area contributed by atoms with Gasteiger partial charge in [0, 0.05) is 18.2 Å². The van der Waals surface area contributed by atoms with Crippen LogP contribution in [0.1, 0.15) is 39.5 Å². The molecule has 0 heterocycles. The van der Waals surface area contributed by atoms with E-state index in [1.807, 2.05) is 0 Å². The molecule has 1 N–H and O–H groups in total. The normalized spacial score (nSPS) is 12.2. The van der Waals surface area contributed by atoms with Gasteiger partial charge in [-0.15, -0.1) is 0 Å². The minimum atomic E-state index is -0.413. The van der Waals surface area contributed by atoms with Gasteiger partial charge in [0.1, 0.15) is 0 Å². The molecule has 18 heavy (non-hydrogen) atoms. The second-order valence-electron chi connectivity index (χ2n) is 4.46. The largest absolute Gasteiger partial charge is 0.381 e. The highest BCUT2D eigenvalue weighted by atomic mass is 35.5. The van der Waals surface area contributed by atoms with Crippen molar-refractivity contribution in [1.82, 2.24) is 0 Å². The van der Waals surface area contributed by atoms with E-state index in [9.17, 15) is 10.1 Å². The maximum atomic E-state index is 10.7. The van der Waals surface area contributed by atoms with Crippen molar-refractivity contribution in [2.45, 2.75) is 45.6 Å². The Kier molecular flexibility index (Phi) is 5.92. The van der Waals surface area contributed by atoms with E-state index in [1.54, 1.807) is 6.07 Å². The van der Waals surface area contributed by atoms with Crippen LogP contribution in [0.15, 0.2) is 18.2 Å². The highest BCUT2D eigenvalue weighted by Gasteiger charge is 2.11. The molecular formula is C13H19ClN2O2. The van der Waals surface area contributed by atoms with Crippen molar-refractivity contribution >= 4 is 23.0 Å². The molecule has 0 saturated heterocycles. The van der Waals surface area contributed by atoms with E-state index in [0.717, 1.165) is 12.8 Å². The number of non-ortho nitro benzene ring substituents is 1. The molecule has 1 aromatic carbocycles. The Balaban J connectivity index is 2.65. The van der Waals surface area contributed by atoms with Crippen LogP contribution in [-0.4, -0.2) is 11.0 Å². The van der Waals surface area contributed by atoms with Crippen LogP contribution in [0.25, 0.3) is 0 Å². The van der Waals surface area contributed by atoms with Crippen molar-refractivity contribution in [2.24, 2.45) is 0 Å². The minimum Gasteiger partial charge on any atom is -0.381 e. The molecule has 4 nitrogen and oxygen atoms in total. The lowest BCUT2D eigenvalue weighted by Gasteiger charge is -2.15. The maximum absolute atomic E-state index is 10.7. The van der Waals surface area contributed by atoms with E-state index >= 15 is 0 Å². The predicted molar refractivity (Wildman–Crippen MR) is 75.3 cm³/mol. The number of halogens is 1. The summed E-state index contributed by atoms with van der Waals surface area (Å²) in [6.07, 6.45) is 4.57. The summed E-state index contributed by atoms with van der Waals surface area (Å²) in [4.78, 5) is 10.3. The highest BCUT2D eigenvalue weighted by molar-refractivity contribution is 6.33. The SMILES string of the molecule is CCCCCC(C)Nc1cc([N+](=O)[O-])ccc1Cl. The van der Waals surface area contributed by atoms with Crippen LogP contribution < -0.4 is 5.32 Å². The summed E-state index contributed by atoms with van der Waals surface area (Å²) < 4.78 is 0. The van der Waals surface area contributed by atoms with Crippen molar-refractivity contribution < 1.29 is 4.92 Å². The summed E-state index contributed by atoms with van der Waals surface area (Å²) in [6.45, 7) is 4.22. The summed E-state index contributed by atoms with van der Waals surface area (Å²) in [7, 11) is 0. The van der Waals surface area contributed by atoms with Gasteiger partial charge in [-0.2, -0.15) is 0 Å². The second kappa shape index (κ2) is 7.21. The van der Waals surface area contributed by atoms with E-state index in [1.165, 1.54) is 25.0 Å². The number of rotatable bonds is 7. The summed E-state index contributed by atoms with van der Waals surface area (Å²) in [6, 6.07) is 4.71. The summed E-state index contributed by atoms with van der Waals surface area (Å²) in [5.41, 5.74) is 0.692. The lowest BCUT2D eigenvalue weighted by atomic mass is 10.1. The molecule has 0 aromatic heterocycles. The van der Waals surface area contributed by atoms with Crippen molar-refractivity contribution in [2.75, 3.05) is 5.32 Å². The van der Waals surface area contributed by atoms with Gasteiger partial charge in [0.15, 0.2) is 0 Å². The number of nitrogens with one attached hydrogen (secondary N) is 1. The first-order valence-electron chi connectivity index (χ1n) is 6.25. The molecule has 0 amide bonds. The number of nitrogens with zero attached hydrogens (tertiary/aromatic N) is 1. The van der Waals surface area contributed by atoms with Crippen LogP contribution in [0.3, 0.4) is 0 Å². The fourth-order valence-electron chi connectivity index (χ4n) is 1.78. The number of unbranched alkanes of at least 4 members (excludes halogenated alkanes) is 2. The maximum Gasteiger partial charge on any atom is 0.271 e. The van der Waals surface area contributed by atoms with Gasteiger partial charge in [-0.25, -0.2) is 0 Å². The van der Waals surface area contributed by atoms with Gasteiger partial charge in [0.25, 0.3) is 5.69 Å². The minimum absolute atomic E-state index is 0.0580. The third kappa shape index (κ3) is 4.53. The smallest absolute Gasteiger partial charge is 0.271 e. The Bertz CT molecular complexity index is 410. The molecular weight excluding hydrogens is 252 g/mol. The molecule has 0 aliphatic heterocycles. The molecule has 1 aromatic rings. The number of hydrogen-bond donors (Lipinski definition) is 1. The van der Waals surface area contributed by atoms with Crippen LogP contribution in [0.4, 0.5) is 11.4 Å². The van der Waals surface area contributed by atoms with E-state index in [2.05, 4.69) is 19.2 Å². The number of anilines is 1. The monoisotopic (exact) mass is 270 g/mol. The molecule has 5 heteroatoms. The zero-order valence-corrected chi connectivity index (χ0v) is 11.5. The van der Waals surface area contributed by atoms with Crippen molar-refractivity contribution in [3.8, 4) is 0 Å². The van der Waals surface area contributed by atoms with Gasteiger partial charge in [-0.05, 0) is 19.4 Å². The summed E-state index contributed by atoms with van der Waals surface area (Å²) in [5.74, 6) is 0. The molecule has 0 bridgehead atoms. The summed E-state index contributed by atoms with van der Waals surface area (Å²) >= 11 is 6.02. The highest BCUT2D eigenvalue weighted by Crippen LogP contribution is 2.27. The lowest BCUT2D eigenvalue weighted by Crippen LogP contribution is -2.15. The van der Waals surface area contributed by atoms with E-state index < -0.39 is 4.92 Å². The molecule has 0 spiro atoms. The van der Waals surface area contributed by atoms with Crippen LogP contribution in [-0.2, 0) is 0 Å². The number of benzene rings is 1. The van der Waals surface area contributed by atoms with E-state index in [4.69, 9.17) is 11.6 Å². The van der Waals surface area contributed by atoms with Gasteiger partial charge >= 0.3 is 0 Å². The van der Waals surface area contributed by atoms with Gasteiger partial charge in [-0.1, -0.05) is 37.8 Å². The quantitative estimate of drug-likeness (QED) is 0.446. The molecule has 0 aliphatic carbocycles. The van der Waals surface area contributed by atoms with Crippen molar-refractivity contribution in [3.63, 3.8) is 0 Å². The Hall–Kier alpha value is -1.29. The molecule has 0 aliphatic rings. The average Bonchev–Trinajstić information content (AvgIpc) is 2.32. The average molecular weight is 271 g/mol. The van der Waals surface area contributed by atoms with Gasteiger partial charge in [0.05, 0.1) is 15.6 Å². The topological polar surface area (TPSA) is 55.2 Å². The Morgan fingerprint density at radius 3 is 2.78 bits per heavy atom. The third-order valence-electron chi connectivity index (χ3n) is 2.80. The van der Waals surface area contributed by atoms with Crippen molar-refractivity contribution in [3.05, 3.63) is 33.3 Å². The fourth-order valence-corrected chi connectivity index (χ4v) is 1.95. The third-order valence-corrected chi connectivity index (χ3v) is 3.13. The molecule has 1 unspecified atom stereocenters. The Labute approximate surface area is 112 Å². The van der Waals surface area contributed by atoms with E-state index in [0.29, 0.717) is 10.7 Å². The first-order valence-corrected chi connectivity index (χ1v) is 6.63. The number of nitro benzene ring substituents is 1. The van der Waals surface area contributed by atoms with Crippen LogP contribution in [0.5, 0.6) is 0 Å². The molecule has 100 valence electrons. The van der Waals surface area contributed by atoms with Gasteiger partial charge < -0.3 is 5.32 Å². The lowest BCUT2D eigenvalue weighted by molar-refractivity contribution is -0.384. The molecule has 0 saturated carbocycles. The zero-order valence-electron chi connectivity index (χ0n) is 10.8. The Morgan fingerprint density at radius 2 is 2.17 bits per heavy atom. The number of hydrogen-bond acceptors (Lipinski definition) is 3. The van der Waals surface area contributed by atoms with Gasteiger partial charge in [0.2, 0.25) is 0 Å². The second-order valence-corrected chi connectivity index (χ2v) is 4.87. The van der Waals surface area contributed by atoms with E-state index in [-0.39, 0.29) is 11.7 Å².